The molecule has 0 unspecified atom stereocenters. The summed E-state index contributed by atoms with van der Waals surface area (Å²) in [6.07, 6.45) is 1.34. The summed E-state index contributed by atoms with van der Waals surface area (Å²) < 4.78 is 11.8. The van der Waals surface area contributed by atoms with Crippen LogP contribution in [0.2, 0.25) is 0 Å². The molecule has 1 heterocycles. The molecule has 1 fully saturated rings. The lowest BCUT2D eigenvalue weighted by Crippen LogP contribution is -2.54. The average Bonchev–Trinajstić information content (AvgIpc) is 2.68. The van der Waals surface area contributed by atoms with Crippen molar-refractivity contribution in [1.82, 2.24) is 5.32 Å². The maximum absolute atomic E-state index is 13.0. The Morgan fingerprint density at radius 3 is 2.37 bits per heavy atom. The quantitative estimate of drug-likeness (QED) is 0.520. The lowest BCUT2D eigenvalue weighted by Gasteiger charge is -2.26. The van der Waals surface area contributed by atoms with E-state index < -0.39 is 17.8 Å². The van der Waals surface area contributed by atoms with Crippen molar-refractivity contribution in [1.29, 1.82) is 0 Å². The van der Waals surface area contributed by atoms with Gasteiger partial charge in [0.1, 0.15) is 5.57 Å². The number of hydrogen-bond acceptors (Lipinski definition) is 5. The molecular weight excluding hydrogens is 452 g/mol. The average molecular weight is 473 g/mol. The number of aryl methyl sites for hydroxylation is 1. The van der Waals surface area contributed by atoms with Crippen LogP contribution in [0.1, 0.15) is 25.0 Å². The largest absolute Gasteiger partial charge is 0.493 e. The van der Waals surface area contributed by atoms with E-state index in [1.54, 1.807) is 36.4 Å². The lowest BCUT2D eigenvalue weighted by atomic mass is 10.1. The molecule has 8 heteroatoms. The van der Waals surface area contributed by atoms with Gasteiger partial charge < -0.3 is 9.47 Å². The van der Waals surface area contributed by atoms with Gasteiger partial charge >= 0.3 is 6.03 Å². The third-order valence-corrected chi connectivity index (χ3v) is 4.90. The van der Waals surface area contributed by atoms with Gasteiger partial charge in [-0.3, -0.25) is 14.9 Å². The first-order valence-corrected chi connectivity index (χ1v) is 10.0. The van der Waals surface area contributed by atoms with Crippen molar-refractivity contribution in [3.8, 4) is 11.5 Å². The Hall–Kier alpha value is -3.13. The molecule has 0 aromatic heterocycles. The topological polar surface area (TPSA) is 84.9 Å². The zero-order chi connectivity index (χ0) is 22.0. The maximum Gasteiger partial charge on any atom is 0.335 e. The van der Waals surface area contributed by atoms with Crippen molar-refractivity contribution in [3.05, 3.63) is 57.6 Å². The number of carbonyl (C=O) groups excluding carboxylic acids is 3. The second-order valence-corrected chi connectivity index (χ2v) is 7.85. The highest BCUT2D eigenvalue weighted by atomic mass is 79.9. The molecule has 4 amide bonds. The van der Waals surface area contributed by atoms with E-state index in [9.17, 15) is 14.4 Å². The van der Waals surface area contributed by atoms with Crippen LogP contribution >= 0.6 is 15.9 Å². The van der Waals surface area contributed by atoms with Crippen molar-refractivity contribution in [3.63, 3.8) is 0 Å². The molecule has 7 nitrogen and oxygen atoms in total. The number of imide groups is 2. The summed E-state index contributed by atoms with van der Waals surface area (Å²) in [4.78, 5) is 38.6. The molecule has 0 atom stereocenters. The molecule has 2 aromatic rings. The Labute approximate surface area is 182 Å². The van der Waals surface area contributed by atoms with Gasteiger partial charge in [-0.05, 0) is 72.6 Å². The van der Waals surface area contributed by atoms with Crippen LogP contribution in [0.3, 0.4) is 0 Å². The van der Waals surface area contributed by atoms with Crippen LogP contribution in [0.15, 0.2) is 46.4 Å². The number of rotatable bonds is 5. The van der Waals surface area contributed by atoms with E-state index in [0.717, 1.165) is 10.5 Å². The molecule has 0 radical (unpaired) electrons. The zero-order valence-corrected chi connectivity index (χ0v) is 18.6. The molecule has 1 aliphatic heterocycles. The summed E-state index contributed by atoms with van der Waals surface area (Å²) in [5.41, 5.74) is 1.73. The van der Waals surface area contributed by atoms with Crippen LogP contribution in [0.5, 0.6) is 11.5 Å². The number of methoxy groups -OCH3 is 1. The minimum Gasteiger partial charge on any atom is -0.493 e. The molecule has 1 saturated heterocycles. The molecule has 0 aliphatic carbocycles. The first kappa shape index (κ1) is 21.6. The fourth-order valence-corrected chi connectivity index (χ4v) is 3.48. The van der Waals surface area contributed by atoms with Crippen LogP contribution in [-0.2, 0) is 9.59 Å². The fourth-order valence-electron chi connectivity index (χ4n) is 2.93. The molecule has 1 N–H and O–H groups in total. The number of amides is 4. The molecule has 0 saturated carbocycles. The predicted octanol–water partition coefficient (Wildman–Crippen LogP) is 4.22. The van der Waals surface area contributed by atoms with Gasteiger partial charge in [0.15, 0.2) is 11.5 Å². The summed E-state index contributed by atoms with van der Waals surface area (Å²) in [7, 11) is 1.50. The maximum atomic E-state index is 13.0. The van der Waals surface area contributed by atoms with Crippen molar-refractivity contribution in [2.75, 3.05) is 12.0 Å². The van der Waals surface area contributed by atoms with Crippen LogP contribution in [0.4, 0.5) is 10.5 Å². The van der Waals surface area contributed by atoms with Crippen LogP contribution < -0.4 is 19.7 Å². The van der Waals surface area contributed by atoms with Crippen LogP contribution in [0.25, 0.3) is 6.08 Å². The van der Waals surface area contributed by atoms with Crippen molar-refractivity contribution >= 4 is 45.5 Å². The summed E-state index contributed by atoms with van der Waals surface area (Å²) >= 11 is 3.44. The van der Waals surface area contributed by atoms with Gasteiger partial charge in [-0.2, -0.15) is 0 Å². The third kappa shape index (κ3) is 4.38. The highest BCUT2D eigenvalue weighted by Crippen LogP contribution is 2.38. The van der Waals surface area contributed by atoms with Crippen molar-refractivity contribution in [2.45, 2.75) is 26.9 Å². The lowest BCUT2D eigenvalue weighted by molar-refractivity contribution is -0.122. The van der Waals surface area contributed by atoms with E-state index in [1.807, 2.05) is 20.8 Å². The number of benzene rings is 2. The molecule has 30 heavy (non-hydrogen) atoms. The predicted molar refractivity (Wildman–Crippen MR) is 117 cm³/mol. The second kappa shape index (κ2) is 8.71. The number of nitrogens with one attached hydrogen (secondary N) is 1. The second-order valence-electron chi connectivity index (χ2n) is 6.99. The van der Waals surface area contributed by atoms with E-state index in [1.165, 1.54) is 13.2 Å². The Morgan fingerprint density at radius 1 is 1.10 bits per heavy atom. The smallest absolute Gasteiger partial charge is 0.335 e. The van der Waals surface area contributed by atoms with Gasteiger partial charge in [-0.25, -0.2) is 9.69 Å². The third-order valence-electron chi connectivity index (χ3n) is 4.31. The molecule has 2 aromatic carbocycles. The highest BCUT2D eigenvalue weighted by Gasteiger charge is 2.36. The van der Waals surface area contributed by atoms with Gasteiger partial charge in [-0.1, -0.05) is 17.7 Å². The Morgan fingerprint density at radius 2 is 1.77 bits per heavy atom. The number of nitrogens with zero attached hydrogens (tertiary/aromatic N) is 1. The number of barbiturate groups is 1. The van der Waals surface area contributed by atoms with Crippen molar-refractivity contribution < 1.29 is 23.9 Å². The van der Waals surface area contributed by atoms with Crippen LogP contribution in [-0.4, -0.2) is 31.1 Å². The molecular formula is C22H21BrN2O5. The monoisotopic (exact) mass is 472 g/mol. The normalized spacial score (nSPS) is 15.6. The minimum atomic E-state index is -0.787. The molecule has 0 spiro atoms. The van der Waals surface area contributed by atoms with E-state index in [0.29, 0.717) is 27.2 Å². The Bertz CT molecular complexity index is 1040. The van der Waals surface area contributed by atoms with Gasteiger partial charge in [0.2, 0.25) is 0 Å². The first-order chi connectivity index (χ1) is 14.2. The first-order valence-electron chi connectivity index (χ1n) is 9.23. The van der Waals surface area contributed by atoms with Crippen molar-refractivity contribution in [2.24, 2.45) is 0 Å². The molecule has 1 aliphatic rings. The van der Waals surface area contributed by atoms with Gasteiger partial charge in [0.05, 0.1) is 23.4 Å². The summed E-state index contributed by atoms with van der Waals surface area (Å²) in [6, 6.07) is 9.44. The number of ether oxygens (including phenoxy) is 2. The number of anilines is 1. The summed E-state index contributed by atoms with van der Waals surface area (Å²) in [5.74, 6) is -0.498. The summed E-state index contributed by atoms with van der Waals surface area (Å²) in [6.45, 7) is 5.68. The molecule has 3 rings (SSSR count). The number of hydrogen-bond donors (Lipinski definition) is 1. The fraction of sp³-hybridized carbons (Fsp3) is 0.227. The number of halogens is 1. The van der Waals surface area contributed by atoms with Gasteiger partial charge in [0, 0.05) is 0 Å². The van der Waals surface area contributed by atoms with E-state index in [2.05, 4.69) is 21.2 Å². The Kier molecular flexibility index (Phi) is 6.26. The summed E-state index contributed by atoms with van der Waals surface area (Å²) in [5, 5.41) is 2.22. The van der Waals surface area contributed by atoms with Crippen LogP contribution in [0, 0.1) is 6.92 Å². The van der Waals surface area contributed by atoms with Gasteiger partial charge in [-0.15, -0.1) is 0 Å². The zero-order valence-electron chi connectivity index (χ0n) is 17.0. The van der Waals surface area contributed by atoms with E-state index in [-0.39, 0.29) is 11.7 Å². The highest BCUT2D eigenvalue weighted by molar-refractivity contribution is 9.10. The van der Waals surface area contributed by atoms with E-state index >= 15 is 0 Å². The SMILES string of the molecule is COc1cc(/C=C2\C(=O)NC(=O)N(c3ccc(C)cc3)C2=O)cc(Br)c1OC(C)C. The molecule has 156 valence electrons. The van der Waals surface area contributed by atoms with E-state index in [4.69, 9.17) is 9.47 Å². The van der Waals surface area contributed by atoms with Gasteiger partial charge in [0.25, 0.3) is 11.8 Å². The minimum absolute atomic E-state index is 0.0702. The number of carbonyl (C=O) groups is 3. The molecule has 0 bridgehead atoms. The Balaban J connectivity index is 2.02. The number of urea groups is 1. The standard InChI is InChI=1S/C22H21BrN2O5/c1-12(2)30-19-17(23)10-14(11-18(19)29-4)9-16-20(26)24-22(28)25(21(16)27)15-7-5-13(3)6-8-15/h5-12H,1-4H3,(H,24,26,28)/b16-9+.